The average molecular weight is 432 g/mol. The summed E-state index contributed by atoms with van der Waals surface area (Å²) in [5.41, 5.74) is 3.69. The zero-order valence-electron chi connectivity index (χ0n) is 19.1. The highest BCUT2D eigenvalue weighted by molar-refractivity contribution is 5.84. The maximum absolute atomic E-state index is 5.00. The van der Waals surface area contributed by atoms with E-state index >= 15 is 0 Å². The van der Waals surface area contributed by atoms with Gasteiger partial charge >= 0.3 is 0 Å². The molecule has 1 atom stereocenters. The molecule has 0 spiro atoms. The third-order valence-corrected chi connectivity index (χ3v) is 6.73. The summed E-state index contributed by atoms with van der Waals surface area (Å²) in [6.45, 7) is 5.76. The van der Waals surface area contributed by atoms with Crippen LogP contribution in [0.4, 0.5) is 11.5 Å². The van der Waals surface area contributed by atoms with Gasteiger partial charge in [-0.05, 0) is 75.1 Å². The third-order valence-electron chi connectivity index (χ3n) is 6.73. The monoisotopic (exact) mass is 431 g/mol. The van der Waals surface area contributed by atoms with Crippen molar-refractivity contribution in [2.24, 2.45) is 4.99 Å². The summed E-state index contributed by atoms with van der Waals surface area (Å²) in [6, 6.07) is 12.7. The summed E-state index contributed by atoms with van der Waals surface area (Å²) in [7, 11) is 1.96. The van der Waals surface area contributed by atoms with Gasteiger partial charge in [0.2, 0.25) is 5.96 Å². The maximum atomic E-state index is 5.00. The molecule has 0 bridgehead atoms. The molecule has 0 radical (unpaired) electrons. The first-order chi connectivity index (χ1) is 15.6. The summed E-state index contributed by atoms with van der Waals surface area (Å²) in [5, 5.41) is 10.6. The molecular weight excluding hydrogens is 398 g/mol. The van der Waals surface area contributed by atoms with Crippen molar-refractivity contribution in [3.05, 3.63) is 65.6 Å². The number of pyridine rings is 1. The second-order valence-electron chi connectivity index (χ2n) is 8.95. The van der Waals surface area contributed by atoms with Gasteiger partial charge in [-0.1, -0.05) is 18.2 Å². The number of nitrogens with zero attached hydrogens (tertiary/aromatic N) is 4. The predicted molar refractivity (Wildman–Crippen MR) is 131 cm³/mol. The zero-order chi connectivity index (χ0) is 22.0. The molecule has 0 saturated carbocycles. The van der Waals surface area contributed by atoms with Gasteiger partial charge in [0.05, 0.1) is 0 Å². The Balaban J connectivity index is 1.31. The van der Waals surface area contributed by atoms with Crippen LogP contribution in [-0.2, 0) is 12.8 Å². The van der Waals surface area contributed by atoms with Crippen molar-refractivity contribution in [3.63, 3.8) is 0 Å². The molecule has 168 valence electrons. The minimum atomic E-state index is -0.462. The summed E-state index contributed by atoms with van der Waals surface area (Å²) >= 11 is 0. The molecule has 3 heterocycles. The number of piperazine rings is 1. The summed E-state index contributed by atoms with van der Waals surface area (Å²) in [4.78, 5) is 14.2. The zero-order valence-corrected chi connectivity index (χ0v) is 19.1. The number of rotatable bonds is 4. The highest BCUT2D eigenvalue weighted by atomic mass is 15.4. The number of anilines is 2. The van der Waals surface area contributed by atoms with Crippen LogP contribution in [0.2, 0.25) is 0 Å². The van der Waals surface area contributed by atoms with Crippen molar-refractivity contribution in [2.75, 3.05) is 43.4 Å². The van der Waals surface area contributed by atoms with E-state index in [1.54, 1.807) is 0 Å². The standard InChI is InChI=1S/C25H33N7/c1-25(26-2)18-22(28-21-11-7-9-19-8-3-4-10-20(19)21)29-24(30-25)32-16-14-31(15-17-32)23-12-5-6-13-27-23/h5-7,9,11-13,18,26,28H,3-4,8,10,14-17H2,1-2H3,(H,29,30). The molecule has 7 nitrogen and oxygen atoms in total. The van der Waals surface area contributed by atoms with Crippen LogP contribution < -0.4 is 20.9 Å². The van der Waals surface area contributed by atoms with E-state index < -0.39 is 5.66 Å². The number of aliphatic imine (C=N–C) groups is 1. The lowest BCUT2D eigenvalue weighted by Gasteiger charge is -2.40. The molecule has 0 amide bonds. The second kappa shape index (κ2) is 8.82. The van der Waals surface area contributed by atoms with Gasteiger partial charge < -0.3 is 20.4 Å². The van der Waals surface area contributed by atoms with Crippen LogP contribution in [0.3, 0.4) is 0 Å². The van der Waals surface area contributed by atoms with E-state index in [0.29, 0.717) is 0 Å². The Hall–Kier alpha value is -3.06. The number of nitrogens with one attached hydrogen (secondary N) is 3. The number of guanidine groups is 1. The van der Waals surface area contributed by atoms with Crippen molar-refractivity contribution in [1.82, 2.24) is 20.5 Å². The Labute approximate surface area is 190 Å². The lowest BCUT2D eigenvalue weighted by atomic mass is 9.90. The number of hydrogen-bond acceptors (Lipinski definition) is 7. The Kier molecular flexibility index (Phi) is 5.74. The molecule has 1 aromatic heterocycles. The molecule has 3 aliphatic rings. The van der Waals surface area contributed by atoms with E-state index in [1.807, 2.05) is 25.4 Å². The van der Waals surface area contributed by atoms with E-state index in [-0.39, 0.29) is 0 Å². The summed E-state index contributed by atoms with van der Waals surface area (Å²) in [5.74, 6) is 2.94. The fourth-order valence-electron chi connectivity index (χ4n) is 4.79. The van der Waals surface area contributed by atoms with E-state index in [1.165, 1.54) is 36.1 Å². The van der Waals surface area contributed by atoms with Crippen LogP contribution in [0.5, 0.6) is 0 Å². The molecule has 1 saturated heterocycles. The van der Waals surface area contributed by atoms with E-state index in [2.05, 4.69) is 68.0 Å². The minimum Gasteiger partial charge on any atom is -0.353 e. The third kappa shape index (κ3) is 4.30. The Morgan fingerprint density at radius 3 is 2.56 bits per heavy atom. The highest BCUT2D eigenvalue weighted by Crippen LogP contribution is 2.29. The minimum absolute atomic E-state index is 0.462. The van der Waals surface area contributed by atoms with Crippen molar-refractivity contribution in [2.45, 2.75) is 38.3 Å². The van der Waals surface area contributed by atoms with Gasteiger partial charge in [-0.25, -0.2) is 9.98 Å². The molecule has 7 heteroatoms. The van der Waals surface area contributed by atoms with Crippen molar-refractivity contribution in [1.29, 1.82) is 0 Å². The first kappa shape index (κ1) is 20.8. The first-order valence-electron chi connectivity index (χ1n) is 11.7. The molecule has 5 rings (SSSR count). The molecule has 1 unspecified atom stereocenters. The Bertz CT molecular complexity index is 1010. The van der Waals surface area contributed by atoms with Crippen molar-refractivity contribution >= 4 is 17.5 Å². The lowest BCUT2D eigenvalue weighted by Crippen LogP contribution is -2.56. The molecular formula is C25H33N7. The second-order valence-corrected chi connectivity index (χ2v) is 8.95. The largest absolute Gasteiger partial charge is 0.353 e. The van der Waals surface area contributed by atoms with E-state index in [4.69, 9.17) is 4.99 Å². The number of likely N-dealkylation sites (N-methyl/N-ethyl adjacent to an activating group) is 1. The Morgan fingerprint density at radius 2 is 1.78 bits per heavy atom. The average Bonchev–Trinajstić information content (AvgIpc) is 2.85. The fourth-order valence-corrected chi connectivity index (χ4v) is 4.79. The predicted octanol–water partition coefficient (Wildman–Crippen LogP) is 2.93. The van der Waals surface area contributed by atoms with Gasteiger partial charge in [0.25, 0.3) is 0 Å². The van der Waals surface area contributed by atoms with Gasteiger partial charge in [-0.3, -0.25) is 5.32 Å². The molecule has 2 aromatic rings. The van der Waals surface area contributed by atoms with Crippen molar-refractivity contribution < 1.29 is 0 Å². The first-order valence-corrected chi connectivity index (χ1v) is 11.7. The summed E-state index contributed by atoms with van der Waals surface area (Å²) < 4.78 is 0. The lowest BCUT2D eigenvalue weighted by molar-refractivity contribution is 0.361. The molecule has 1 fully saturated rings. The highest BCUT2D eigenvalue weighted by Gasteiger charge is 2.29. The van der Waals surface area contributed by atoms with E-state index in [0.717, 1.165) is 50.2 Å². The van der Waals surface area contributed by atoms with Gasteiger partial charge in [0, 0.05) is 38.1 Å². The Morgan fingerprint density at radius 1 is 0.969 bits per heavy atom. The number of hydrogen-bond donors (Lipinski definition) is 3. The number of benzene rings is 1. The number of fused-ring (bicyclic) bond motifs is 1. The van der Waals surface area contributed by atoms with Crippen molar-refractivity contribution in [3.8, 4) is 0 Å². The van der Waals surface area contributed by atoms with E-state index in [9.17, 15) is 0 Å². The number of aromatic nitrogens is 1. The normalized spacial score (nSPS) is 23.1. The van der Waals surface area contributed by atoms with Crippen LogP contribution in [0.15, 0.2) is 59.5 Å². The topological polar surface area (TPSA) is 67.8 Å². The molecule has 32 heavy (non-hydrogen) atoms. The maximum Gasteiger partial charge on any atom is 0.201 e. The van der Waals surface area contributed by atoms with Gasteiger partial charge in [0.15, 0.2) is 0 Å². The smallest absolute Gasteiger partial charge is 0.201 e. The van der Waals surface area contributed by atoms with Crippen LogP contribution in [-0.4, -0.2) is 54.7 Å². The van der Waals surface area contributed by atoms with Gasteiger partial charge in [-0.2, -0.15) is 0 Å². The molecule has 1 aliphatic carbocycles. The number of aryl methyl sites for hydroxylation is 1. The van der Waals surface area contributed by atoms with Gasteiger partial charge in [0.1, 0.15) is 17.3 Å². The quantitative estimate of drug-likeness (QED) is 0.692. The van der Waals surface area contributed by atoms with Crippen LogP contribution in [0.1, 0.15) is 30.9 Å². The fraction of sp³-hybridized carbons (Fsp3) is 0.440. The van der Waals surface area contributed by atoms with Gasteiger partial charge in [-0.15, -0.1) is 0 Å². The van der Waals surface area contributed by atoms with Crippen LogP contribution in [0, 0.1) is 0 Å². The van der Waals surface area contributed by atoms with Crippen LogP contribution in [0.25, 0.3) is 0 Å². The summed E-state index contributed by atoms with van der Waals surface area (Å²) in [6.07, 6.45) is 8.88. The molecule has 1 aromatic carbocycles. The molecule has 2 aliphatic heterocycles. The van der Waals surface area contributed by atoms with Crippen LogP contribution >= 0.6 is 0 Å². The molecule has 3 N–H and O–H groups in total. The SMILES string of the molecule is CNC1(C)C=C(Nc2cccc3c2CCCC3)NC(N2CCN(c3ccccn3)CC2)=N1.